The molecule has 0 spiro atoms. The summed E-state index contributed by atoms with van der Waals surface area (Å²) in [6.07, 6.45) is 0.403. The molecule has 0 radical (unpaired) electrons. The summed E-state index contributed by atoms with van der Waals surface area (Å²) in [6.45, 7) is 3.66. The summed E-state index contributed by atoms with van der Waals surface area (Å²) < 4.78 is 0. The Morgan fingerprint density at radius 1 is 1.80 bits per heavy atom. The lowest BCUT2D eigenvalue weighted by molar-refractivity contribution is -0.140. The van der Waals surface area contributed by atoms with E-state index in [-0.39, 0.29) is 17.9 Å². The Balaban J connectivity index is 2.48. The van der Waals surface area contributed by atoms with Gasteiger partial charge in [0.2, 0.25) is 5.91 Å². The highest BCUT2D eigenvalue weighted by Gasteiger charge is 2.40. The molecule has 1 heterocycles. The van der Waals surface area contributed by atoms with Crippen molar-refractivity contribution in [3.8, 4) is 0 Å². The zero-order chi connectivity index (χ0) is 7.72. The van der Waals surface area contributed by atoms with Crippen molar-refractivity contribution in [2.45, 2.75) is 32.4 Å². The minimum Gasteiger partial charge on any atom is -0.393 e. The molecule has 1 saturated heterocycles. The number of hydrogen-bond acceptors (Lipinski definition) is 2. The Kier molecular flexibility index (Phi) is 1.94. The SMILES string of the molecule is CC[C@H]1NC(=O)[C@@H]1[C@@H](C)O. The van der Waals surface area contributed by atoms with Crippen LogP contribution in [0.4, 0.5) is 0 Å². The number of aliphatic hydroxyl groups is 1. The molecule has 0 aromatic carbocycles. The lowest BCUT2D eigenvalue weighted by atomic mass is 9.85. The van der Waals surface area contributed by atoms with E-state index < -0.39 is 6.10 Å². The smallest absolute Gasteiger partial charge is 0.228 e. The summed E-state index contributed by atoms with van der Waals surface area (Å²) in [6, 6.07) is 0.201. The van der Waals surface area contributed by atoms with E-state index in [1.54, 1.807) is 6.92 Å². The molecule has 0 aliphatic carbocycles. The predicted octanol–water partition coefficient (Wildman–Crippen LogP) is -0.108. The van der Waals surface area contributed by atoms with Crippen molar-refractivity contribution in [2.24, 2.45) is 5.92 Å². The number of amides is 1. The van der Waals surface area contributed by atoms with E-state index in [0.717, 1.165) is 6.42 Å². The summed E-state index contributed by atoms with van der Waals surface area (Å²) in [5.41, 5.74) is 0. The van der Waals surface area contributed by atoms with E-state index in [2.05, 4.69) is 5.32 Å². The third-order valence-corrected chi connectivity index (χ3v) is 2.02. The number of β-lactam (4-membered cyclic amide) rings is 1. The lowest BCUT2D eigenvalue weighted by Gasteiger charge is -2.37. The Morgan fingerprint density at radius 3 is 2.60 bits per heavy atom. The van der Waals surface area contributed by atoms with Crippen LogP contribution in [0, 0.1) is 5.92 Å². The van der Waals surface area contributed by atoms with Crippen LogP contribution in [0.25, 0.3) is 0 Å². The number of carbonyl (C=O) groups is 1. The predicted molar refractivity (Wildman–Crippen MR) is 37.4 cm³/mol. The first kappa shape index (κ1) is 7.54. The maximum Gasteiger partial charge on any atom is 0.228 e. The Hall–Kier alpha value is -0.570. The van der Waals surface area contributed by atoms with E-state index in [1.165, 1.54) is 0 Å². The first-order chi connectivity index (χ1) is 4.66. The topological polar surface area (TPSA) is 49.3 Å². The standard InChI is InChI=1S/C7H13NO2/c1-3-5-6(4(2)9)7(10)8-5/h4-6,9H,3H2,1-2H3,(H,8,10)/t4-,5-,6-/m1/s1. The molecule has 1 aliphatic rings. The Labute approximate surface area is 60.4 Å². The average Bonchev–Trinajstić information content (AvgIpc) is 1.80. The van der Waals surface area contributed by atoms with E-state index >= 15 is 0 Å². The van der Waals surface area contributed by atoms with Crippen LogP contribution in [-0.2, 0) is 4.79 Å². The van der Waals surface area contributed by atoms with Gasteiger partial charge in [-0.25, -0.2) is 0 Å². The van der Waals surface area contributed by atoms with Crippen molar-refractivity contribution in [2.75, 3.05) is 0 Å². The van der Waals surface area contributed by atoms with Crippen LogP contribution in [0.3, 0.4) is 0 Å². The summed E-state index contributed by atoms with van der Waals surface area (Å²) in [5.74, 6) is -0.174. The maximum absolute atomic E-state index is 10.8. The van der Waals surface area contributed by atoms with E-state index in [0.29, 0.717) is 0 Å². The zero-order valence-electron chi connectivity index (χ0n) is 6.29. The highest BCUT2D eigenvalue weighted by atomic mass is 16.3. The lowest BCUT2D eigenvalue weighted by Crippen LogP contribution is -2.61. The van der Waals surface area contributed by atoms with E-state index in [9.17, 15) is 4.79 Å². The number of rotatable bonds is 2. The molecule has 3 heteroatoms. The van der Waals surface area contributed by atoms with Gasteiger partial charge in [-0.3, -0.25) is 4.79 Å². The number of carbonyl (C=O) groups excluding carboxylic acids is 1. The van der Waals surface area contributed by atoms with Gasteiger partial charge in [-0.1, -0.05) is 6.92 Å². The molecule has 0 unspecified atom stereocenters. The van der Waals surface area contributed by atoms with Gasteiger partial charge in [-0.15, -0.1) is 0 Å². The van der Waals surface area contributed by atoms with Gasteiger partial charge >= 0.3 is 0 Å². The fourth-order valence-electron chi connectivity index (χ4n) is 1.37. The second kappa shape index (κ2) is 2.58. The van der Waals surface area contributed by atoms with Crippen LogP contribution < -0.4 is 5.32 Å². The highest BCUT2D eigenvalue weighted by Crippen LogP contribution is 2.20. The molecule has 58 valence electrons. The molecule has 0 bridgehead atoms. The first-order valence-corrected chi connectivity index (χ1v) is 3.65. The van der Waals surface area contributed by atoms with Crippen molar-refractivity contribution >= 4 is 5.91 Å². The number of aliphatic hydroxyl groups excluding tert-OH is 1. The van der Waals surface area contributed by atoms with E-state index in [1.807, 2.05) is 6.92 Å². The summed E-state index contributed by atoms with van der Waals surface area (Å²) in [4.78, 5) is 10.8. The van der Waals surface area contributed by atoms with Crippen LogP contribution in [-0.4, -0.2) is 23.2 Å². The molecule has 10 heavy (non-hydrogen) atoms. The quantitative estimate of drug-likeness (QED) is 0.530. The Bertz CT molecular complexity index is 145. The molecule has 3 atom stereocenters. The van der Waals surface area contributed by atoms with Gasteiger partial charge in [0.15, 0.2) is 0 Å². The maximum atomic E-state index is 10.8. The van der Waals surface area contributed by atoms with Gasteiger partial charge in [0, 0.05) is 6.04 Å². The van der Waals surface area contributed by atoms with Gasteiger partial charge in [-0.2, -0.15) is 0 Å². The van der Waals surface area contributed by atoms with Crippen molar-refractivity contribution < 1.29 is 9.90 Å². The summed E-state index contributed by atoms with van der Waals surface area (Å²) >= 11 is 0. The van der Waals surface area contributed by atoms with Crippen LogP contribution in [0.5, 0.6) is 0 Å². The van der Waals surface area contributed by atoms with Crippen LogP contribution in [0.1, 0.15) is 20.3 Å². The minimum atomic E-state index is -0.501. The van der Waals surface area contributed by atoms with Gasteiger partial charge in [0.25, 0.3) is 0 Å². The van der Waals surface area contributed by atoms with Crippen molar-refractivity contribution in [1.29, 1.82) is 0 Å². The molecular weight excluding hydrogens is 130 g/mol. The molecule has 1 amide bonds. The zero-order valence-corrected chi connectivity index (χ0v) is 6.29. The van der Waals surface area contributed by atoms with Crippen LogP contribution in [0.15, 0.2) is 0 Å². The van der Waals surface area contributed by atoms with Crippen molar-refractivity contribution in [3.63, 3.8) is 0 Å². The van der Waals surface area contributed by atoms with Crippen molar-refractivity contribution in [1.82, 2.24) is 5.32 Å². The molecule has 1 rings (SSSR count). The molecule has 1 fully saturated rings. The molecule has 0 saturated carbocycles. The van der Waals surface area contributed by atoms with E-state index in [4.69, 9.17) is 5.11 Å². The largest absolute Gasteiger partial charge is 0.393 e. The fourth-order valence-corrected chi connectivity index (χ4v) is 1.37. The van der Waals surface area contributed by atoms with Gasteiger partial charge < -0.3 is 10.4 Å². The fraction of sp³-hybridized carbons (Fsp3) is 0.857. The normalized spacial score (nSPS) is 34.5. The van der Waals surface area contributed by atoms with Crippen LogP contribution >= 0.6 is 0 Å². The van der Waals surface area contributed by atoms with Gasteiger partial charge in [0.1, 0.15) is 0 Å². The second-order valence-corrected chi connectivity index (χ2v) is 2.79. The molecule has 3 nitrogen and oxygen atoms in total. The average molecular weight is 143 g/mol. The van der Waals surface area contributed by atoms with Gasteiger partial charge in [0.05, 0.1) is 12.0 Å². The summed E-state index contributed by atoms with van der Waals surface area (Å²) in [7, 11) is 0. The highest BCUT2D eigenvalue weighted by molar-refractivity contribution is 5.86. The first-order valence-electron chi connectivity index (χ1n) is 3.65. The van der Waals surface area contributed by atoms with Gasteiger partial charge in [-0.05, 0) is 13.3 Å². The monoisotopic (exact) mass is 143 g/mol. The Morgan fingerprint density at radius 2 is 2.40 bits per heavy atom. The number of hydrogen-bond donors (Lipinski definition) is 2. The number of nitrogens with one attached hydrogen (secondary N) is 1. The molecule has 1 aliphatic heterocycles. The molecule has 0 aromatic rings. The third-order valence-electron chi connectivity index (χ3n) is 2.02. The van der Waals surface area contributed by atoms with Crippen molar-refractivity contribution in [3.05, 3.63) is 0 Å². The second-order valence-electron chi connectivity index (χ2n) is 2.79. The molecule has 0 aromatic heterocycles. The summed E-state index contributed by atoms with van der Waals surface area (Å²) in [5, 5.41) is 11.8. The molecule has 2 N–H and O–H groups in total. The minimum absolute atomic E-state index is 0.0122. The van der Waals surface area contributed by atoms with Crippen LogP contribution in [0.2, 0.25) is 0 Å². The molecular formula is C7H13NO2. The third kappa shape index (κ3) is 1.01.